The molecule has 0 atom stereocenters. The fourth-order valence-electron chi connectivity index (χ4n) is 2.09. The average Bonchev–Trinajstić information content (AvgIpc) is 2.51. The molecule has 0 aliphatic heterocycles. The highest BCUT2D eigenvalue weighted by Crippen LogP contribution is 2.15. The summed E-state index contributed by atoms with van der Waals surface area (Å²) in [6.07, 6.45) is 0. The maximum absolute atomic E-state index is 13.4. The third-order valence-electron chi connectivity index (χ3n) is 3.39. The van der Waals surface area contributed by atoms with Crippen molar-refractivity contribution in [1.82, 2.24) is 4.72 Å². The Hall–Kier alpha value is -1.37. The number of thioether (sulfide) groups is 1. The van der Waals surface area contributed by atoms with Crippen molar-refractivity contribution in [3.63, 3.8) is 0 Å². The molecule has 1 N–H and O–H groups in total. The van der Waals surface area contributed by atoms with Crippen molar-refractivity contribution in [2.45, 2.75) is 18.4 Å². The molecule has 6 heteroatoms. The summed E-state index contributed by atoms with van der Waals surface area (Å²) in [5, 5.41) is 0. The van der Waals surface area contributed by atoms with Crippen LogP contribution in [0.4, 0.5) is 4.39 Å². The molecule has 2 rings (SSSR count). The molecule has 0 fully saturated rings. The van der Waals surface area contributed by atoms with Gasteiger partial charge in [0.25, 0.3) is 0 Å². The van der Waals surface area contributed by atoms with Crippen LogP contribution in [0.3, 0.4) is 0 Å². The Balaban J connectivity index is 1.75. The van der Waals surface area contributed by atoms with Crippen molar-refractivity contribution in [3.05, 3.63) is 71.0 Å². The largest absolute Gasteiger partial charge is 0.215 e. The Kier molecular flexibility index (Phi) is 6.62. The van der Waals surface area contributed by atoms with Gasteiger partial charge in [-0.25, -0.2) is 17.5 Å². The lowest BCUT2D eigenvalue weighted by atomic mass is 10.1. The van der Waals surface area contributed by atoms with E-state index in [1.807, 2.05) is 31.2 Å². The molecule has 0 bridgehead atoms. The number of halogens is 1. The van der Waals surface area contributed by atoms with Crippen LogP contribution in [0.1, 0.15) is 16.7 Å². The molecule has 0 unspecified atom stereocenters. The van der Waals surface area contributed by atoms with Gasteiger partial charge in [-0.05, 0) is 29.7 Å². The van der Waals surface area contributed by atoms with Crippen LogP contribution >= 0.6 is 11.8 Å². The minimum Gasteiger partial charge on any atom is -0.214 e. The number of hydrogen-bond acceptors (Lipinski definition) is 3. The van der Waals surface area contributed by atoms with Gasteiger partial charge in [0.15, 0.2) is 0 Å². The molecular weight excluding hydrogens is 333 g/mol. The zero-order chi connectivity index (χ0) is 16.7. The number of aryl methyl sites for hydroxylation is 1. The van der Waals surface area contributed by atoms with Crippen LogP contribution in [0, 0.1) is 12.7 Å². The van der Waals surface area contributed by atoms with E-state index < -0.39 is 10.0 Å². The monoisotopic (exact) mass is 353 g/mol. The summed E-state index contributed by atoms with van der Waals surface area (Å²) in [6, 6.07) is 14.1. The molecule has 2 aromatic rings. The van der Waals surface area contributed by atoms with Crippen molar-refractivity contribution in [1.29, 1.82) is 0 Å². The molecule has 0 saturated carbocycles. The molecule has 124 valence electrons. The van der Waals surface area contributed by atoms with E-state index in [0.717, 1.165) is 11.1 Å². The smallest absolute Gasteiger partial charge is 0.214 e. The van der Waals surface area contributed by atoms with Gasteiger partial charge in [0.05, 0.1) is 5.75 Å². The maximum atomic E-state index is 13.4. The third kappa shape index (κ3) is 5.97. The molecule has 0 radical (unpaired) electrons. The van der Waals surface area contributed by atoms with Gasteiger partial charge >= 0.3 is 0 Å². The van der Waals surface area contributed by atoms with E-state index in [1.54, 1.807) is 18.2 Å². The molecule has 0 spiro atoms. The van der Waals surface area contributed by atoms with E-state index in [2.05, 4.69) is 4.72 Å². The minimum absolute atomic E-state index is 0.0162. The van der Waals surface area contributed by atoms with Gasteiger partial charge in [0.1, 0.15) is 5.82 Å². The van der Waals surface area contributed by atoms with Gasteiger partial charge in [-0.2, -0.15) is 11.8 Å². The van der Waals surface area contributed by atoms with Crippen molar-refractivity contribution in [2.24, 2.45) is 0 Å². The van der Waals surface area contributed by atoms with Gasteiger partial charge in [0.2, 0.25) is 10.0 Å². The fraction of sp³-hybridized carbons (Fsp3) is 0.294. The van der Waals surface area contributed by atoms with Crippen LogP contribution in [-0.4, -0.2) is 20.7 Å². The summed E-state index contributed by atoms with van der Waals surface area (Å²) in [5.41, 5.74) is 2.41. The number of sulfonamides is 1. The minimum atomic E-state index is -3.35. The number of benzene rings is 2. The summed E-state index contributed by atoms with van der Waals surface area (Å²) in [5.74, 6) is 0.894. The van der Waals surface area contributed by atoms with Crippen molar-refractivity contribution in [3.8, 4) is 0 Å². The van der Waals surface area contributed by atoms with Crippen molar-refractivity contribution >= 4 is 21.8 Å². The number of rotatable bonds is 8. The van der Waals surface area contributed by atoms with Crippen LogP contribution in [-0.2, 0) is 21.5 Å². The predicted molar refractivity (Wildman–Crippen MR) is 94.4 cm³/mol. The second kappa shape index (κ2) is 8.47. The zero-order valence-corrected chi connectivity index (χ0v) is 14.6. The second-order valence-electron chi connectivity index (χ2n) is 5.22. The van der Waals surface area contributed by atoms with Gasteiger partial charge in [-0.3, -0.25) is 0 Å². The standard InChI is InChI=1S/C17H20FNO2S2/c1-14-6-2-3-8-16(14)13-23(20,21)19-10-11-22-12-15-7-4-5-9-17(15)18/h2-9,19H,10-13H2,1H3. The molecule has 0 amide bonds. The fourth-order valence-corrected chi connectivity index (χ4v) is 4.32. The molecular formula is C17H20FNO2S2. The summed E-state index contributed by atoms with van der Waals surface area (Å²) in [6.45, 7) is 2.24. The molecule has 2 aromatic carbocycles. The highest BCUT2D eigenvalue weighted by molar-refractivity contribution is 7.98. The van der Waals surface area contributed by atoms with Gasteiger partial charge in [0, 0.05) is 18.1 Å². The zero-order valence-electron chi connectivity index (χ0n) is 13.0. The number of nitrogens with one attached hydrogen (secondary N) is 1. The van der Waals surface area contributed by atoms with Crippen LogP contribution < -0.4 is 4.72 Å². The lowest BCUT2D eigenvalue weighted by molar-refractivity contribution is 0.583. The first-order valence-corrected chi connectivity index (χ1v) is 10.1. The van der Waals surface area contributed by atoms with E-state index in [9.17, 15) is 12.8 Å². The van der Waals surface area contributed by atoms with Crippen LogP contribution in [0.25, 0.3) is 0 Å². The lowest BCUT2D eigenvalue weighted by Gasteiger charge is -2.09. The Bertz CT molecular complexity index is 748. The van der Waals surface area contributed by atoms with Crippen LogP contribution in [0.5, 0.6) is 0 Å². The molecule has 0 aromatic heterocycles. The Morgan fingerprint density at radius 1 is 1.04 bits per heavy atom. The van der Waals surface area contributed by atoms with Crippen LogP contribution in [0.2, 0.25) is 0 Å². The Morgan fingerprint density at radius 2 is 1.70 bits per heavy atom. The predicted octanol–water partition coefficient (Wildman–Crippen LogP) is 3.49. The molecule has 0 heterocycles. The summed E-state index contributed by atoms with van der Waals surface area (Å²) in [7, 11) is -3.35. The third-order valence-corrected chi connectivity index (χ3v) is 5.73. The second-order valence-corrected chi connectivity index (χ2v) is 8.14. The van der Waals surface area contributed by atoms with Gasteiger partial charge in [-0.15, -0.1) is 0 Å². The summed E-state index contributed by atoms with van der Waals surface area (Å²) in [4.78, 5) is 0. The molecule has 3 nitrogen and oxygen atoms in total. The average molecular weight is 353 g/mol. The van der Waals surface area contributed by atoms with Crippen molar-refractivity contribution in [2.75, 3.05) is 12.3 Å². The highest BCUT2D eigenvalue weighted by atomic mass is 32.2. The summed E-state index contributed by atoms with van der Waals surface area (Å²) < 4.78 is 40.2. The van der Waals surface area contributed by atoms with Crippen LogP contribution in [0.15, 0.2) is 48.5 Å². The van der Waals surface area contributed by atoms with E-state index in [-0.39, 0.29) is 11.6 Å². The molecule has 0 saturated heterocycles. The van der Waals surface area contributed by atoms with Crippen molar-refractivity contribution < 1.29 is 12.8 Å². The highest BCUT2D eigenvalue weighted by Gasteiger charge is 2.12. The SMILES string of the molecule is Cc1ccccc1CS(=O)(=O)NCCSCc1ccccc1F. The van der Waals surface area contributed by atoms with E-state index in [0.29, 0.717) is 23.6 Å². The Labute approximate surface area is 141 Å². The van der Waals surface area contributed by atoms with E-state index >= 15 is 0 Å². The first-order chi connectivity index (χ1) is 11.0. The quantitative estimate of drug-likeness (QED) is 0.739. The van der Waals surface area contributed by atoms with Gasteiger partial charge < -0.3 is 0 Å². The molecule has 23 heavy (non-hydrogen) atoms. The topological polar surface area (TPSA) is 46.2 Å². The first kappa shape index (κ1) is 18.0. The van der Waals surface area contributed by atoms with E-state index in [4.69, 9.17) is 0 Å². The normalized spacial score (nSPS) is 11.6. The lowest BCUT2D eigenvalue weighted by Crippen LogP contribution is -2.27. The molecule has 0 aliphatic carbocycles. The van der Waals surface area contributed by atoms with Gasteiger partial charge in [-0.1, -0.05) is 42.5 Å². The number of hydrogen-bond donors (Lipinski definition) is 1. The molecule has 0 aliphatic rings. The summed E-state index contributed by atoms with van der Waals surface area (Å²) >= 11 is 1.50. The Morgan fingerprint density at radius 3 is 2.39 bits per heavy atom. The maximum Gasteiger partial charge on any atom is 0.215 e. The first-order valence-electron chi connectivity index (χ1n) is 7.31. The van der Waals surface area contributed by atoms with E-state index in [1.165, 1.54) is 17.8 Å².